The van der Waals surface area contributed by atoms with E-state index >= 15 is 0 Å². The van der Waals surface area contributed by atoms with Crippen molar-refractivity contribution >= 4 is 29.2 Å². The number of carbonyl (C=O) groups is 1. The predicted octanol–water partition coefficient (Wildman–Crippen LogP) is 1.04. The summed E-state index contributed by atoms with van der Waals surface area (Å²) in [6.45, 7) is 2.03. The van der Waals surface area contributed by atoms with Crippen molar-refractivity contribution in [2.24, 2.45) is 27.2 Å². The number of aliphatic imine (C=N–C) groups is 2. The number of nitrogens with two attached hydrogens (primary N) is 3. The average Bonchev–Trinajstić information content (AvgIpc) is 2.45. The largest absolute Gasteiger partial charge is 0.494 e. The second-order valence-electron chi connectivity index (χ2n) is 4.54. The molecule has 0 saturated heterocycles. The standard InChI is InChI=1S/C14H22N6O2/c1-3-4-5-12(21)19-10-7-6-9(8-11(10)22-2)18-14(17)20-13(15)16/h6-8H,3-5H2,1-2H3,(H,19,21)(H6,15,16,17,18,20). The highest BCUT2D eigenvalue weighted by Gasteiger charge is 2.08. The Bertz CT molecular complexity index is 579. The maximum Gasteiger partial charge on any atom is 0.224 e. The molecule has 1 rings (SSSR count). The third-order valence-electron chi connectivity index (χ3n) is 2.70. The molecule has 1 aromatic rings. The molecule has 0 fully saturated rings. The highest BCUT2D eigenvalue weighted by Crippen LogP contribution is 2.29. The van der Waals surface area contributed by atoms with Crippen molar-refractivity contribution < 1.29 is 9.53 Å². The first kappa shape index (κ1) is 17.3. The summed E-state index contributed by atoms with van der Waals surface area (Å²) in [6, 6.07) is 4.99. The molecule has 1 amide bonds. The van der Waals surface area contributed by atoms with Crippen LogP contribution in [0.4, 0.5) is 11.4 Å². The van der Waals surface area contributed by atoms with Crippen LogP contribution in [0.2, 0.25) is 0 Å². The zero-order valence-electron chi connectivity index (χ0n) is 12.8. The molecule has 0 aromatic heterocycles. The van der Waals surface area contributed by atoms with Crippen molar-refractivity contribution in [2.75, 3.05) is 12.4 Å². The highest BCUT2D eigenvalue weighted by molar-refractivity contribution is 5.94. The van der Waals surface area contributed by atoms with Gasteiger partial charge >= 0.3 is 0 Å². The van der Waals surface area contributed by atoms with Crippen molar-refractivity contribution in [3.05, 3.63) is 18.2 Å². The van der Waals surface area contributed by atoms with Crippen LogP contribution in [0.25, 0.3) is 0 Å². The topological polar surface area (TPSA) is 141 Å². The normalized spacial score (nSPS) is 10.9. The first-order valence-electron chi connectivity index (χ1n) is 6.88. The Morgan fingerprint density at radius 3 is 2.64 bits per heavy atom. The molecule has 0 atom stereocenters. The minimum atomic E-state index is -0.173. The number of hydrogen-bond acceptors (Lipinski definition) is 3. The minimum Gasteiger partial charge on any atom is -0.494 e. The number of methoxy groups -OCH3 is 1. The van der Waals surface area contributed by atoms with E-state index in [1.54, 1.807) is 18.2 Å². The number of anilines is 1. The molecule has 0 spiro atoms. The number of hydrogen-bond donors (Lipinski definition) is 4. The Hall–Kier alpha value is -2.77. The van der Waals surface area contributed by atoms with Crippen LogP contribution >= 0.6 is 0 Å². The van der Waals surface area contributed by atoms with Crippen LogP contribution in [-0.2, 0) is 4.79 Å². The molecule has 0 aliphatic rings. The molecule has 0 unspecified atom stereocenters. The van der Waals surface area contributed by atoms with Crippen LogP contribution in [0.5, 0.6) is 5.75 Å². The molecule has 0 aliphatic heterocycles. The smallest absolute Gasteiger partial charge is 0.224 e. The molecular formula is C14H22N6O2. The van der Waals surface area contributed by atoms with E-state index in [9.17, 15) is 4.79 Å². The van der Waals surface area contributed by atoms with Gasteiger partial charge in [-0.1, -0.05) is 13.3 Å². The molecule has 0 heterocycles. The lowest BCUT2D eigenvalue weighted by molar-refractivity contribution is -0.116. The SMILES string of the molecule is CCCCC(=O)Nc1ccc(N=C(N)N=C(N)N)cc1OC. The minimum absolute atomic E-state index is 0.0589. The van der Waals surface area contributed by atoms with Gasteiger partial charge in [-0.25, -0.2) is 4.99 Å². The van der Waals surface area contributed by atoms with E-state index in [2.05, 4.69) is 15.3 Å². The molecule has 0 radical (unpaired) electrons. The lowest BCUT2D eigenvalue weighted by Crippen LogP contribution is -2.26. The molecule has 0 aliphatic carbocycles. The molecule has 8 heteroatoms. The predicted molar refractivity (Wildman–Crippen MR) is 88.2 cm³/mol. The number of amides is 1. The number of carbonyl (C=O) groups excluding carboxylic acids is 1. The van der Waals surface area contributed by atoms with Gasteiger partial charge in [0.2, 0.25) is 11.9 Å². The fourth-order valence-corrected chi connectivity index (χ4v) is 1.69. The lowest BCUT2D eigenvalue weighted by atomic mass is 10.2. The van der Waals surface area contributed by atoms with Gasteiger partial charge in [-0.15, -0.1) is 0 Å². The monoisotopic (exact) mass is 306 g/mol. The average molecular weight is 306 g/mol. The van der Waals surface area contributed by atoms with Gasteiger partial charge in [0.15, 0.2) is 5.96 Å². The first-order valence-corrected chi connectivity index (χ1v) is 6.88. The summed E-state index contributed by atoms with van der Waals surface area (Å²) in [6.07, 6.45) is 2.27. The second kappa shape index (κ2) is 8.50. The molecule has 7 N–H and O–H groups in total. The van der Waals surface area contributed by atoms with E-state index < -0.39 is 0 Å². The van der Waals surface area contributed by atoms with Gasteiger partial charge in [-0.2, -0.15) is 4.99 Å². The van der Waals surface area contributed by atoms with Crippen molar-refractivity contribution in [1.82, 2.24) is 0 Å². The Morgan fingerprint density at radius 2 is 2.05 bits per heavy atom. The van der Waals surface area contributed by atoms with Gasteiger partial charge in [-0.3, -0.25) is 4.79 Å². The van der Waals surface area contributed by atoms with E-state index in [0.717, 1.165) is 12.8 Å². The van der Waals surface area contributed by atoms with E-state index in [0.29, 0.717) is 23.5 Å². The summed E-state index contributed by atoms with van der Waals surface area (Å²) in [7, 11) is 1.50. The fourth-order valence-electron chi connectivity index (χ4n) is 1.69. The van der Waals surface area contributed by atoms with Gasteiger partial charge in [0, 0.05) is 12.5 Å². The van der Waals surface area contributed by atoms with Crippen molar-refractivity contribution in [2.45, 2.75) is 26.2 Å². The lowest BCUT2D eigenvalue weighted by Gasteiger charge is -2.10. The van der Waals surface area contributed by atoms with E-state index in [-0.39, 0.29) is 17.8 Å². The number of benzene rings is 1. The van der Waals surface area contributed by atoms with Gasteiger partial charge in [0.05, 0.1) is 18.5 Å². The summed E-state index contributed by atoms with van der Waals surface area (Å²) in [5, 5.41) is 2.80. The second-order valence-corrected chi connectivity index (χ2v) is 4.54. The highest BCUT2D eigenvalue weighted by atomic mass is 16.5. The first-order chi connectivity index (χ1) is 10.5. The third kappa shape index (κ3) is 5.70. The van der Waals surface area contributed by atoms with Crippen molar-refractivity contribution in [3.8, 4) is 5.75 Å². The van der Waals surface area contributed by atoms with Crippen molar-refractivity contribution in [1.29, 1.82) is 0 Å². The number of rotatable bonds is 6. The fraction of sp³-hybridized carbons (Fsp3) is 0.357. The Balaban J connectivity index is 2.91. The molecular weight excluding hydrogens is 284 g/mol. The molecule has 120 valence electrons. The quantitative estimate of drug-likeness (QED) is 0.459. The number of unbranched alkanes of at least 4 members (excludes halogenated alkanes) is 1. The van der Waals surface area contributed by atoms with Crippen LogP contribution in [0.15, 0.2) is 28.2 Å². The summed E-state index contributed by atoms with van der Waals surface area (Å²) < 4.78 is 5.24. The van der Waals surface area contributed by atoms with Crippen molar-refractivity contribution in [3.63, 3.8) is 0 Å². The number of ether oxygens (including phenoxy) is 1. The number of nitrogens with one attached hydrogen (secondary N) is 1. The van der Waals surface area contributed by atoms with E-state index in [4.69, 9.17) is 21.9 Å². The summed E-state index contributed by atoms with van der Waals surface area (Å²) in [4.78, 5) is 19.4. The van der Waals surface area contributed by atoms with Gasteiger partial charge in [0.1, 0.15) is 5.75 Å². The molecule has 22 heavy (non-hydrogen) atoms. The number of nitrogens with zero attached hydrogens (tertiary/aromatic N) is 2. The molecule has 8 nitrogen and oxygen atoms in total. The van der Waals surface area contributed by atoms with Crippen LogP contribution in [0.3, 0.4) is 0 Å². The van der Waals surface area contributed by atoms with Crippen LogP contribution in [-0.4, -0.2) is 24.9 Å². The zero-order chi connectivity index (χ0) is 16.5. The van der Waals surface area contributed by atoms with Crippen LogP contribution in [0, 0.1) is 0 Å². The Morgan fingerprint density at radius 1 is 1.32 bits per heavy atom. The Labute approximate surface area is 129 Å². The van der Waals surface area contributed by atoms with Gasteiger partial charge in [0.25, 0.3) is 0 Å². The van der Waals surface area contributed by atoms with Crippen LogP contribution < -0.4 is 27.3 Å². The molecule has 0 saturated carbocycles. The van der Waals surface area contributed by atoms with Gasteiger partial charge < -0.3 is 27.3 Å². The van der Waals surface area contributed by atoms with E-state index in [1.165, 1.54) is 7.11 Å². The Kier molecular flexibility index (Phi) is 6.68. The zero-order valence-corrected chi connectivity index (χ0v) is 12.8. The summed E-state index contributed by atoms with van der Waals surface area (Å²) in [5.41, 5.74) is 17.1. The summed E-state index contributed by atoms with van der Waals surface area (Å²) >= 11 is 0. The molecule has 0 bridgehead atoms. The third-order valence-corrected chi connectivity index (χ3v) is 2.70. The maximum atomic E-state index is 11.8. The van der Waals surface area contributed by atoms with Gasteiger partial charge in [-0.05, 0) is 18.6 Å². The maximum absolute atomic E-state index is 11.8. The molecule has 1 aromatic carbocycles. The number of guanidine groups is 2. The summed E-state index contributed by atoms with van der Waals surface area (Å²) in [5.74, 6) is 0.176. The van der Waals surface area contributed by atoms with E-state index in [1.807, 2.05) is 6.92 Å². The van der Waals surface area contributed by atoms with Crippen LogP contribution in [0.1, 0.15) is 26.2 Å².